The summed E-state index contributed by atoms with van der Waals surface area (Å²) in [6.45, 7) is 1.69. The first kappa shape index (κ1) is 25.4. The number of nitrogens with one attached hydrogen (secondary N) is 1. The molecule has 0 bridgehead atoms. The zero-order valence-corrected chi connectivity index (χ0v) is 20.7. The Morgan fingerprint density at radius 3 is 2.33 bits per heavy atom. The number of nitrogens with zero attached hydrogens (tertiary/aromatic N) is 1. The van der Waals surface area contributed by atoms with E-state index in [-0.39, 0.29) is 31.0 Å². The normalized spacial score (nSPS) is 14.3. The predicted octanol–water partition coefficient (Wildman–Crippen LogP) is 5.21. The van der Waals surface area contributed by atoms with Gasteiger partial charge in [0.1, 0.15) is 17.6 Å². The lowest BCUT2D eigenvalue weighted by atomic mass is 10.0. The fraction of sp³-hybridized carbons (Fsp3) is 0.333. The molecule has 1 saturated carbocycles. The lowest BCUT2D eigenvalue weighted by Crippen LogP contribution is -2.53. The van der Waals surface area contributed by atoms with E-state index >= 15 is 0 Å². The number of benzene rings is 3. The van der Waals surface area contributed by atoms with Gasteiger partial charge in [-0.15, -0.1) is 0 Å². The van der Waals surface area contributed by atoms with Crippen LogP contribution in [-0.4, -0.2) is 35.4 Å². The molecule has 0 radical (unpaired) electrons. The molecule has 1 atom stereocenters. The number of hydrogen-bond acceptors (Lipinski definition) is 3. The maximum absolute atomic E-state index is 14.7. The van der Waals surface area contributed by atoms with Crippen molar-refractivity contribution in [1.82, 2.24) is 10.2 Å². The molecule has 1 aliphatic carbocycles. The number of carbonyl (C=O) groups excluding carboxylic acids is 2. The van der Waals surface area contributed by atoms with Gasteiger partial charge in [0.25, 0.3) is 5.91 Å². The Labute approximate surface area is 212 Å². The minimum atomic E-state index is -0.804. The van der Waals surface area contributed by atoms with Crippen LogP contribution in [0.3, 0.4) is 0 Å². The number of carbonyl (C=O) groups is 2. The van der Waals surface area contributed by atoms with E-state index in [1.54, 1.807) is 30.3 Å². The zero-order chi connectivity index (χ0) is 25.3. The summed E-state index contributed by atoms with van der Waals surface area (Å²) in [5, 5.41) is 3.15. The molecule has 0 aliphatic heterocycles. The van der Waals surface area contributed by atoms with Crippen LogP contribution in [0.2, 0.25) is 0 Å². The minimum Gasteiger partial charge on any atom is -0.484 e. The van der Waals surface area contributed by atoms with Gasteiger partial charge in [0.05, 0.1) is 0 Å². The summed E-state index contributed by atoms with van der Waals surface area (Å²) in [6, 6.07) is 22.7. The average molecular weight is 489 g/mol. The molecule has 6 heteroatoms. The van der Waals surface area contributed by atoms with E-state index in [2.05, 4.69) is 5.32 Å². The third kappa shape index (κ3) is 6.94. The van der Waals surface area contributed by atoms with Crippen molar-refractivity contribution in [3.8, 4) is 5.75 Å². The topological polar surface area (TPSA) is 58.6 Å². The summed E-state index contributed by atoms with van der Waals surface area (Å²) >= 11 is 0. The standard InChI is InChI=1S/C30H33FN2O3/c1-22-15-17-26(18-16-22)36-21-29(34)33(20-24-11-5-8-14-27(24)31)28(19-23-9-3-2-4-10-23)30(35)32-25-12-6-7-13-25/h2-5,8-11,14-18,25,28H,6-7,12-13,19-21H2,1H3,(H,32,35)/t28-/m0/s1. The minimum absolute atomic E-state index is 0.0294. The molecule has 0 spiro atoms. The Morgan fingerprint density at radius 2 is 1.64 bits per heavy atom. The molecule has 36 heavy (non-hydrogen) atoms. The summed E-state index contributed by atoms with van der Waals surface area (Å²) in [4.78, 5) is 28.6. The lowest BCUT2D eigenvalue weighted by Gasteiger charge is -2.32. The van der Waals surface area contributed by atoms with Crippen molar-refractivity contribution >= 4 is 11.8 Å². The van der Waals surface area contributed by atoms with Crippen LogP contribution in [0, 0.1) is 12.7 Å². The van der Waals surface area contributed by atoms with Gasteiger partial charge in [-0.1, -0.05) is 79.1 Å². The number of aryl methyl sites for hydroxylation is 1. The molecule has 4 rings (SSSR count). The molecule has 0 saturated heterocycles. The number of hydrogen-bond donors (Lipinski definition) is 1. The second kappa shape index (κ2) is 12.3. The fourth-order valence-corrected chi connectivity index (χ4v) is 4.59. The van der Waals surface area contributed by atoms with Crippen LogP contribution in [0.15, 0.2) is 78.9 Å². The van der Waals surface area contributed by atoms with Gasteiger partial charge >= 0.3 is 0 Å². The first-order chi connectivity index (χ1) is 17.5. The Balaban J connectivity index is 1.61. The van der Waals surface area contributed by atoms with Gasteiger partial charge in [-0.3, -0.25) is 9.59 Å². The van der Waals surface area contributed by atoms with Crippen molar-refractivity contribution in [2.75, 3.05) is 6.61 Å². The molecule has 0 unspecified atom stereocenters. The highest BCUT2D eigenvalue weighted by Gasteiger charge is 2.32. The van der Waals surface area contributed by atoms with Crippen molar-refractivity contribution in [1.29, 1.82) is 0 Å². The van der Waals surface area contributed by atoms with Gasteiger partial charge in [-0.2, -0.15) is 0 Å². The second-order valence-electron chi connectivity index (χ2n) is 9.41. The van der Waals surface area contributed by atoms with Crippen LogP contribution in [0.1, 0.15) is 42.4 Å². The number of rotatable bonds is 10. The molecular weight excluding hydrogens is 455 g/mol. The van der Waals surface area contributed by atoms with Crippen LogP contribution >= 0.6 is 0 Å². The molecule has 3 aromatic carbocycles. The Kier molecular flexibility index (Phi) is 8.71. The second-order valence-corrected chi connectivity index (χ2v) is 9.41. The summed E-state index contributed by atoms with van der Waals surface area (Å²) in [6.07, 6.45) is 4.35. The monoisotopic (exact) mass is 488 g/mol. The van der Waals surface area contributed by atoms with Gasteiger partial charge in [-0.25, -0.2) is 4.39 Å². The first-order valence-corrected chi connectivity index (χ1v) is 12.6. The van der Waals surface area contributed by atoms with Crippen molar-refractivity contribution in [3.63, 3.8) is 0 Å². The van der Waals surface area contributed by atoms with E-state index < -0.39 is 11.9 Å². The van der Waals surface area contributed by atoms with Crippen LogP contribution < -0.4 is 10.1 Å². The number of amides is 2. The third-order valence-corrected chi connectivity index (χ3v) is 6.65. The van der Waals surface area contributed by atoms with Gasteiger partial charge in [0, 0.05) is 24.6 Å². The predicted molar refractivity (Wildman–Crippen MR) is 138 cm³/mol. The molecule has 0 aromatic heterocycles. The molecule has 188 valence electrons. The Bertz CT molecular complexity index is 1140. The molecular formula is C30H33FN2O3. The maximum atomic E-state index is 14.7. The van der Waals surface area contributed by atoms with Crippen LogP contribution in [0.4, 0.5) is 4.39 Å². The summed E-state index contributed by atoms with van der Waals surface area (Å²) in [5.74, 6) is -0.439. The quantitative estimate of drug-likeness (QED) is 0.426. The van der Waals surface area contributed by atoms with Crippen LogP contribution in [-0.2, 0) is 22.6 Å². The molecule has 1 fully saturated rings. The van der Waals surface area contributed by atoms with E-state index in [1.807, 2.05) is 49.4 Å². The Hall–Kier alpha value is -3.67. The molecule has 1 aliphatic rings. The molecule has 1 N–H and O–H groups in total. The number of ether oxygens (including phenoxy) is 1. The highest BCUT2D eigenvalue weighted by Crippen LogP contribution is 2.21. The van der Waals surface area contributed by atoms with Crippen molar-refractivity contribution < 1.29 is 18.7 Å². The highest BCUT2D eigenvalue weighted by atomic mass is 19.1. The van der Waals surface area contributed by atoms with Gasteiger partial charge in [0.15, 0.2) is 6.61 Å². The van der Waals surface area contributed by atoms with E-state index in [1.165, 1.54) is 11.0 Å². The van der Waals surface area contributed by atoms with E-state index in [9.17, 15) is 14.0 Å². The molecule has 0 heterocycles. The largest absolute Gasteiger partial charge is 0.484 e. The third-order valence-electron chi connectivity index (χ3n) is 6.65. The fourth-order valence-electron chi connectivity index (χ4n) is 4.59. The van der Waals surface area contributed by atoms with Crippen LogP contribution in [0.5, 0.6) is 5.75 Å². The number of halogens is 1. The summed E-state index contributed by atoms with van der Waals surface area (Å²) in [7, 11) is 0. The van der Waals surface area contributed by atoms with E-state index in [4.69, 9.17) is 4.74 Å². The Morgan fingerprint density at radius 1 is 0.972 bits per heavy atom. The zero-order valence-electron chi connectivity index (χ0n) is 20.7. The summed E-state index contributed by atoms with van der Waals surface area (Å²) in [5.41, 5.74) is 2.36. The molecule has 3 aromatic rings. The van der Waals surface area contributed by atoms with Crippen LogP contribution in [0.25, 0.3) is 0 Å². The smallest absolute Gasteiger partial charge is 0.261 e. The highest BCUT2D eigenvalue weighted by molar-refractivity contribution is 5.88. The first-order valence-electron chi connectivity index (χ1n) is 12.6. The van der Waals surface area contributed by atoms with Gasteiger partial charge in [0.2, 0.25) is 5.91 Å². The van der Waals surface area contributed by atoms with E-state index in [0.717, 1.165) is 36.8 Å². The van der Waals surface area contributed by atoms with Crippen molar-refractivity contribution in [2.45, 2.75) is 57.7 Å². The molecule has 2 amide bonds. The molecule has 5 nitrogen and oxygen atoms in total. The van der Waals surface area contributed by atoms with Gasteiger partial charge in [-0.05, 0) is 43.5 Å². The lowest BCUT2D eigenvalue weighted by molar-refractivity contribution is -0.143. The van der Waals surface area contributed by atoms with Crippen molar-refractivity contribution in [2.24, 2.45) is 0 Å². The average Bonchev–Trinajstić information content (AvgIpc) is 3.40. The van der Waals surface area contributed by atoms with Gasteiger partial charge < -0.3 is 15.0 Å². The summed E-state index contributed by atoms with van der Waals surface area (Å²) < 4.78 is 20.4. The maximum Gasteiger partial charge on any atom is 0.261 e. The SMILES string of the molecule is Cc1ccc(OCC(=O)N(Cc2ccccc2F)[C@@H](Cc2ccccc2)C(=O)NC2CCCC2)cc1. The van der Waals surface area contributed by atoms with E-state index in [0.29, 0.717) is 17.7 Å². The van der Waals surface area contributed by atoms with Crippen molar-refractivity contribution in [3.05, 3.63) is 101 Å².